The van der Waals surface area contributed by atoms with Crippen molar-refractivity contribution in [1.82, 2.24) is 0 Å². The Hall–Kier alpha value is -1.96. The van der Waals surface area contributed by atoms with Gasteiger partial charge in [-0.25, -0.2) is 0 Å². The summed E-state index contributed by atoms with van der Waals surface area (Å²) in [5.41, 5.74) is 5.01. The average molecular weight is 345 g/mol. The van der Waals surface area contributed by atoms with E-state index in [4.69, 9.17) is 9.98 Å². The molecule has 5 rings (SSSR count). The standard InChI is InChI=1S/C24H28N2/c1-3-11-18(12-4-1)25-23-20-15-7-9-17-10-8-16-21(22(17)20)24(23)26-19-13-5-2-6-14-19/h7-10,15-16,18-19H,1-6,11-14H2. The van der Waals surface area contributed by atoms with Crippen molar-refractivity contribution in [2.75, 3.05) is 0 Å². The smallest absolute Gasteiger partial charge is 0.0914 e. The molecule has 0 aliphatic heterocycles. The van der Waals surface area contributed by atoms with Crippen LogP contribution in [0.4, 0.5) is 0 Å². The molecule has 0 unspecified atom stereocenters. The van der Waals surface area contributed by atoms with Crippen molar-refractivity contribution in [3.05, 3.63) is 47.5 Å². The van der Waals surface area contributed by atoms with Crippen LogP contribution in [0, 0.1) is 0 Å². The molecule has 2 aromatic rings. The summed E-state index contributed by atoms with van der Waals surface area (Å²) in [5, 5.41) is 2.70. The van der Waals surface area contributed by atoms with Crippen molar-refractivity contribution in [2.45, 2.75) is 76.3 Å². The number of benzene rings is 2. The van der Waals surface area contributed by atoms with E-state index < -0.39 is 0 Å². The lowest BCUT2D eigenvalue weighted by atomic mass is 9.95. The molecule has 2 heteroatoms. The minimum Gasteiger partial charge on any atom is -0.279 e. The number of rotatable bonds is 2. The minimum atomic E-state index is 0.486. The molecule has 0 aromatic heterocycles. The van der Waals surface area contributed by atoms with Gasteiger partial charge in [-0.2, -0.15) is 0 Å². The van der Waals surface area contributed by atoms with Crippen LogP contribution in [0.2, 0.25) is 0 Å². The highest BCUT2D eigenvalue weighted by molar-refractivity contribution is 6.60. The predicted octanol–water partition coefficient (Wildman–Crippen LogP) is 6.10. The Balaban J connectivity index is 1.63. The van der Waals surface area contributed by atoms with E-state index in [1.165, 1.54) is 97.5 Å². The molecule has 0 spiro atoms. The quantitative estimate of drug-likeness (QED) is 0.629. The van der Waals surface area contributed by atoms with Crippen molar-refractivity contribution in [2.24, 2.45) is 9.98 Å². The lowest BCUT2D eigenvalue weighted by Gasteiger charge is -2.21. The third kappa shape index (κ3) is 2.90. The zero-order valence-corrected chi connectivity index (χ0v) is 15.6. The molecular weight excluding hydrogens is 316 g/mol. The summed E-state index contributed by atoms with van der Waals surface area (Å²) >= 11 is 0. The first-order valence-electron chi connectivity index (χ1n) is 10.6. The summed E-state index contributed by atoms with van der Waals surface area (Å²) in [4.78, 5) is 10.6. The molecule has 0 heterocycles. The van der Waals surface area contributed by atoms with E-state index >= 15 is 0 Å². The molecule has 3 aliphatic rings. The summed E-state index contributed by atoms with van der Waals surface area (Å²) < 4.78 is 0. The highest BCUT2D eigenvalue weighted by Gasteiger charge is 2.29. The molecule has 134 valence electrons. The van der Waals surface area contributed by atoms with Gasteiger partial charge in [-0.3, -0.25) is 9.98 Å². The lowest BCUT2D eigenvalue weighted by molar-refractivity contribution is 0.442. The van der Waals surface area contributed by atoms with Gasteiger partial charge in [0.2, 0.25) is 0 Å². The maximum atomic E-state index is 5.31. The van der Waals surface area contributed by atoms with E-state index in [1.807, 2.05) is 0 Å². The van der Waals surface area contributed by atoms with Crippen LogP contribution in [-0.2, 0) is 0 Å². The van der Waals surface area contributed by atoms with E-state index in [-0.39, 0.29) is 0 Å². The minimum absolute atomic E-state index is 0.486. The first-order chi connectivity index (χ1) is 12.9. The molecule has 0 N–H and O–H groups in total. The molecule has 26 heavy (non-hydrogen) atoms. The Morgan fingerprint density at radius 3 is 1.50 bits per heavy atom. The van der Waals surface area contributed by atoms with Crippen molar-refractivity contribution < 1.29 is 0 Å². The summed E-state index contributed by atoms with van der Waals surface area (Å²) in [6.45, 7) is 0. The highest BCUT2D eigenvalue weighted by atomic mass is 14.9. The van der Waals surface area contributed by atoms with Gasteiger partial charge in [-0.05, 0) is 31.1 Å². The molecule has 0 atom stereocenters. The highest BCUT2D eigenvalue weighted by Crippen LogP contribution is 2.34. The second kappa shape index (κ2) is 6.98. The monoisotopic (exact) mass is 344 g/mol. The van der Waals surface area contributed by atoms with Gasteiger partial charge in [0, 0.05) is 16.5 Å². The normalized spacial score (nSPS) is 24.8. The number of aliphatic imine (C=N–C) groups is 2. The topological polar surface area (TPSA) is 24.7 Å². The fourth-order valence-electron chi connectivity index (χ4n) is 5.04. The van der Waals surface area contributed by atoms with Crippen molar-refractivity contribution in [1.29, 1.82) is 0 Å². The van der Waals surface area contributed by atoms with Crippen molar-refractivity contribution >= 4 is 22.2 Å². The van der Waals surface area contributed by atoms with Gasteiger partial charge >= 0.3 is 0 Å². The van der Waals surface area contributed by atoms with E-state index in [2.05, 4.69) is 36.4 Å². The summed E-state index contributed by atoms with van der Waals surface area (Å²) in [6, 6.07) is 14.3. The number of hydrogen-bond acceptors (Lipinski definition) is 2. The maximum absolute atomic E-state index is 5.31. The summed E-state index contributed by atoms with van der Waals surface area (Å²) in [6.07, 6.45) is 13.0. The molecule has 0 amide bonds. The first-order valence-corrected chi connectivity index (χ1v) is 10.6. The first kappa shape index (κ1) is 16.2. The second-order valence-electron chi connectivity index (χ2n) is 8.25. The van der Waals surface area contributed by atoms with E-state index in [0.717, 1.165) is 0 Å². The van der Waals surface area contributed by atoms with Crippen LogP contribution in [0.1, 0.15) is 75.3 Å². The molecule has 3 aliphatic carbocycles. The van der Waals surface area contributed by atoms with Crippen LogP contribution in [0.5, 0.6) is 0 Å². The molecule has 2 saturated carbocycles. The Morgan fingerprint density at radius 1 is 0.577 bits per heavy atom. The fraction of sp³-hybridized carbons (Fsp3) is 0.500. The Kier molecular flexibility index (Phi) is 4.36. The van der Waals surface area contributed by atoms with Gasteiger partial charge in [0.05, 0.1) is 23.5 Å². The number of nitrogens with zero attached hydrogens (tertiary/aromatic N) is 2. The average Bonchev–Trinajstić information content (AvgIpc) is 2.99. The molecule has 2 aromatic carbocycles. The summed E-state index contributed by atoms with van der Waals surface area (Å²) in [5.74, 6) is 0. The second-order valence-corrected chi connectivity index (χ2v) is 8.25. The van der Waals surface area contributed by atoms with Crippen LogP contribution in [-0.4, -0.2) is 23.5 Å². The molecule has 0 radical (unpaired) electrons. The third-order valence-corrected chi connectivity index (χ3v) is 6.41. The van der Waals surface area contributed by atoms with E-state index in [9.17, 15) is 0 Å². The van der Waals surface area contributed by atoms with Crippen LogP contribution in [0.25, 0.3) is 10.8 Å². The van der Waals surface area contributed by atoms with Crippen molar-refractivity contribution in [3.63, 3.8) is 0 Å². The van der Waals surface area contributed by atoms with Crippen LogP contribution >= 0.6 is 0 Å². The van der Waals surface area contributed by atoms with Crippen molar-refractivity contribution in [3.8, 4) is 0 Å². The zero-order valence-electron chi connectivity index (χ0n) is 15.6. The van der Waals surface area contributed by atoms with Gasteiger partial charge < -0.3 is 0 Å². The largest absolute Gasteiger partial charge is 0.279 e. The Labute approximate surface area is 156 Å². The molecule has 2 nitrogen and oxygen atoms in total. The predicted molar refractivity (Wildman–Crippen MR) is 111 cm³/mol. The van der Waals surface area contributed by atoms with Gasteiger partial charge in [-0.15, -0.1) is 0 Å². The molecule has 2 fully saturated rings. The van der Waals surface area contributed by atoms with Gasteiger partial charge in [0.15, 0.2) is 0 Å². The molecular formula is C24H28N2. The zero-order chi connectivity index (χ0) is 17.3. The molecule has 0 bridgehead atoms. The molecule has 0 saturated heterocycles. The van der Waals surface area contributed by atoms with Crippen LogP contribution < -0.4 is 0 Å². The van der Waals surface area contributed by atoms with E-state index in [1.54, 1.807) is 0 Å². The van der Waals surface area contributed by atoms with E-state index in [0.29, 0.717) is 12.1 Å². The Bertz CT molecular complexity index is 796. The lowest BCUT2D eigenvalue weighted by Crippen LogP contribution is -2.20. The fourth-order valence-corrected chi connectivity index (χ4v) is 5.04. The maximum Gasteiger partial charge on any atom is 0.0914 e. The van der Waals surface area contributed by atoms with Gasteiger partial charge in [-0.1, -0.05) is 74.9 Å². The third-order valence-electron chi connectivity index (χ3n) is 6.41. The Morgan fingerprint density at radius 2 is 1.04 bits per heavy atom. The van der Waals surface area contributed by atoms with Crippen LogP contribution in [0.15, 0.2) is 46.4 Å². The SMILES string of the molecule is c1cc2c3c(cccc3c1)C(=NC1CCCCC1)C2=NC1CCCCC1. The van der Waals surface area contributed by atoms with Gasteiger partial charge in [0.25, 0.3) is 0 Å². The van der Waals surface area contributed by atoms with Gasteiger partial charge in [0.1, 0.15) is 0 Å². The summed E-state index contributed by atoms with van der Waals surface area (Å²) in [7, 11) is 0. The van der Waals surface area contributed by atoms with Crippen LogP contribution in [0.3, 0.4) is 0 Å². The number of hydrogen-bond donors (Lipinski definition) is 0.